The van der Waals surface area contributed by atoms with Crippen molar-refractivity contribution in [2.24, 2.45) is 5.92 Å². The molecule has 0 unspecified atom stereocenters. The summed E-state index contributed by atoms with van der Waals surface area (Å²) in [5.74, 6) is -0.912. The molecule has 0 spiro atoms. The molecule has 0 fully saturated rings. The number of anilines is 1. The zero-order valence-electron chi connectivity index (χ0n) is 24.1. The van der Waals surface area contributed by atoms with Gasteiger partial charge < -0.3 is 15.0 Å². The third-order valence-corrected chi connectivity index (χ3v) is 8.35. The quantitative estimate of drug-likeness (QED) is 0.308. The lowest BCUT2D eigenvalue weighted by molar-refractivity contribution is -0.140. The Labute approximate surface area is 242 Å². The molecule has 0 aliphatic carbocycles. The predicted octanol–water partition coefficient (Wildman–Crippen LogP) is 4.92. The van der Waals surface area contributed by atoms with E-state index in [0.29, 0.717) is 12.1 Å². The zero-order chi connectivity index (χ0) is 30.2. The highest BCUT2D eigenvalue weighted by Gasteiger charge is 2.34. The van der Waals surface area contributed by atoms with Gasteiger partial charge in [-0.2, -0.15) is 0 Å². The molecule has 2 amide bonds. The number of carbonyl (C=O) groups excluding carboxylic acids is 2. The standard InChI is InChI=1S/C31H38FN3O5S/c1-6-27(31(37)33-19-22(2)3)34(20-24-13-15-25(32)16-14-24)30(36)21-35(28-9-7-8-10-29(28)40-5)41(38,39)26-17-11-23(4)12-18-26/h7-18,22,27H,6,19-21H2,1-5H3,(H,33,37)/t27-/m1/s1. The summed E-state index contributed by atoms with van der Waals surface area (Å²) in [6, 6.07) is 17.6. The lowest BCUT2D eigenvalue weighted by Crippen LogP contribution is -2.52. The molecule has 8 nitrogen and oxygen atoms in total. The van der Waals surface area contributed by atoms with Crippen molar-refractivity contribution in [2.45, 2.75) is 51.6 Å². The topological polar surface area (TPSA) is 96.0 Å². The van der Waals surface area contributed by atoms with Crippen LogP contribution in [0.3, 0.4) is 0 Å². The first-order chi connectivity index (χ1) is 19.5. The second-order valence-corrected chi connectivity index (χ2v) is 12.1. The monoisotopic (exact) mass is 583 g/mol. The molecular formula is C31H38FN3O5S. The van der Waals surface area contributed by atoms with Gasteiger partial charge in [0.25, 0.3) is 10.0 Å². The number of halogens is 1. The van der Waals surface area contributed by atoms with Gasteiger partial charge >= 0.3 is 0 Å². The van der Waals surface area contributed by atoms with Crippen molar-refractivity contribution in [3.05, 3.63) is 89.7 Å². The number of sulfonamides is 1. The first-order valence-corrected chi connectivity index (χ1v) is 15.0. The Morgan fingerprint density at radius 1 is 0.976 bits per heavy atom. The molecule has 41 heavy (non-hydrogen) atoms. The summed E-state index contributed by atoms with van der Waals surface area (Å²) >= 11 is 0. The molecule has 3 rings (SSSR count). The highest BCUT2D eigenvalue weighted by Crippen LogP contribution is 2.32. The van der Waals surface area contributed by atoms with Crippen LogP contribution in [-0.4, -0.2) is 51.4 Å². The molecule has 0 aromatic heterocycles. The number of nitrogens with zero attached hydrogens (tertiary/aromatic N) is 2. The van der Waals surface area contributed by atoms with E-state index in [1.807, 2.05) is 20.8 Å². The van der Waals surface area contributed by atoms with Gasteiger partial charge in [-0.1, -0.05) is 62.7 Å². The summed E-state index contributed by atoms with van der Waals surface area (Å²) in [6.07, 6.45) is 0.288. The van der Waals surface area contributed by atoms with Gasteiger partial charge in [-0.3, -0.25) is 13.9 Å². The number of benzene rings is 3. The minimum Gasteiger partial charge on any atom is -0.495 e. The maximum Gasteiger partial charge on any atom is 0.264 e. The molecule has 1 N–H and O–H groups in total. The normalized spacial score (nSPS) is 12.1. The Hall–Kier alpha value is -3.92. The Balaban J connectivity index is 2.08. The highest BCUT2D eigenvalue weighted by molar-refractivity contribution is 7.92. The number of hydrogen-bond donors (Lipinski definition) is 1. The van der Waals surface area contributed by atoms with E-state index in [9.17, 15) is 22.4 Å². The minimum absolute atomic E-state index is 0.00797. The van der Waals surface area contributed by atoms with Crippen LogP contribution in [0.25, 0.3) is 0 Å². The van der Waals surface area contributed by atoms with Gasteiger partial charge in [0.15, 0.2) is 0 Å². The van der Waals surface area contributed by atoms with Crippen LogP contribution in [0.1, 0.15) is 38.3 Å². The fourth-order valence-corrected chi connectivity index (χ4v) is 5.74. The molecule has 0 bridgehead atoms. The SMILES string of the molecule is CC[C@H](C(=O)NCC(C)C)N(Cc1ccc(F)cc1)C(=O)CN(c1ccccc1OC)S(=O)(=O)c1ccc(C)cc1. The maximum absolute atomic E-state index is 14.1. The van der Waals surface area contributed by atoms with Crippen molar-refractivity contribution < 1.29 is 27.1 Å². The molecule has 0 aliphatic rings. The van der Waals surface area contributed by atoms with Crippen LogP contribution >= 0.6 is 0 Å². The molecule has 220 valence electrons. The molecule has 3 aromatic carbocycles. The van der Waals surface area contributed by atoms with Crippen LogP contribution in [-0.2, 0) is 26.2 Å². The largest absolute Gasteiger partial charge is 0.495 e. The van der Waals surface area contributed by atoms with Gasteiger partial charge in [-0.15, -0.1) is 0 Å². The zero-order valence-corrected chi connectivity index (χ0v) is 24.9. The molecule has 0 heterocycles. The smallest absolute Gasteiger partial charge is 0.264 e. The van der Waals surface area contributed by atoms with E-state index >= 15 is 0 Å². The number of ether oxygens (including phenoxy) is 1. The van der Waals surface area contributed by atoms with Crippen molar-refractivity contribution in [1.82, 2.24) is 10.2 Å². The van der Waals surface area contributed by atoms with Crippen LogP contribution in [0.2, 0.25) is 0 Å². The number of para-hydroxylation sites is 2. The van der Waals surface area contributed by atoms with Crippen molar-refractivity contribution in [2.75, 3.05) is 24.5 Å². The average Bonchev–Trinajstić information content (AvgIpc) is 2.95. The lowest BCUT2D eigenvalue weighted by Gasteiger charge is -2.33. The van der Waals surface area contributed by atoms with Crippen LogP contribution in [0.15, 0.2) is 77.7 Å². The summed E-state index contributed by atoms with van der Waals surface area (Å²) < 4.78 is 48.1. The van der Waals surface area contributed by atoms with E-state index < -0.39 is 34.3 Å². The molecular weight excluding hydrogens is 545 g/mol. The van der Waals surface area contributed by atoms with Gasteiger partial charge in [-0.05, 0) is 61.2 Å². The Kier molecular flexibility index (Phi) is 10.9. The number of nitrogens with one attached hydrogen (secondary N) is 1. The summed E-state index contributed by atoms with van der Waals surface area (Å²) in [5, 5.41) is 2.88. The Morgan fingerprint density at radius 3 is 2.20 bits per heavy atom. The molecule has 0 radical (unpaired) electrons. The van der Waals surface area contributed by atoms with Crippen LogP contribution in [0.5, 0.6) is 5.75 Å². The molecule has 1 atom stereocenters. The van der Waals surface area contributed by atoms with E-state index in [0.717, 1.165) is 9.87 Å². The van der Waals surface area contributed by atoms with E-state index in [-0.39, 0.29) is 41.1 Å². The van der Waals surface area contributed by atoms with Crippen molar-refractivity contribution in [1.29, 1.82) is 0 Å². The van der Waals surface area contributed by atoms with E-state index in [4.69, 9.17) is 4.74 Å². The molecule has 0 aliphatic heterocycles. The Bertz CT molecular complexity index is 1430. The highest BCUT2D eigenvalue weighted by atomic mass is 32.2. The number of aryl methyl sites for hydroxylation is 1. The number of hydrogen-bond acceptors (Lipinski definition) is 5. The predicted molar refractivity (Wildman–Crippen MR) is 158 cm³/mol. The first-order valence-electron chi connectivity index (χ1n) is 13.5. The fraction of sp³-hybridized carbons (Fsp3) is 0.355. The Morgan fingerprint density at radius 2 is 1.61 bits per heavy atom. The second kappa shape index (κ2) is 14.1. The summed E-state index contributed by atoms with van der Waals surface area (Å²) in [5.41, 5.74) is 1.66. The van der Waals surface area contributed by atoms with Crippen LogP contribution < -0.4 is 14.4 Å². The lowest BCUT2D eigenvalue weighted by atomic mass is 10.1. The third-order valence-electron chi connectivity index (χ3n) is 6.58. The molecule has 0 saturated carbocycles. The van der Waals surface area contributed by atoms with Gasteiger partial charge in [0.2, 0.25) is 11.8 Å². The fourth-order valence-electron chi connectivity index (χ4n) is 4.32. The van der Waals surface area contributed by atoms with Gasteiger partial charge in [0.1, 0.15) is 24.2 Å². The van der Waals surface area contributed by atoms with Crippen molar-refractivity contribution in [3.8, 4) is 5.75 Å². The molecule has 0 saturated heterocycles. The third kappa shape index (κ3) is 8.07. The van der Waals surface area contributed by atoms with Gasteiger partial charge in [-0.25, -0.2) is 12.8 Å². The van der Waals surface area contributed by atoms with Gasteiger partial charge in [0.05, 0.1) is 17.7 Å². The number of rotatable bonds is 13. The summed E-state index contributed by atoms with van der Waals surface area (Å²) in [6.45, 7) is 7.37. The van der Waals surface area contributed by atoms with E-state index in [1.165, 1.54) is 48.4 Å². The van der Waals surface area contributed by atoms with Crippen molar-refractivity contribution in [3.63, 3.8) is 0 Å². The summed E-state index contributed by atoms with van der Waals surface area (Å²) in [4.78, 5) is 28.7. The van der Waals surface area contributed by atoms with E-state index in [1.54, 1.807) is 43.3 Å². The average molecular weight is 584 g/mol. The molecule has 10 heteroatoms. The summed E-state index contributed by atoms with van der Waals surface area (Å²) in [7, 11) is -2.81. The maximum atomic E-state index is 14.1. The number of carbonyl (C=O) groups is 2. The minimum atomic E-state index is -4.23. The molecule has 3 aromatic rings. The number of amides is 2. The van der Waals surface area contributed by atoms with Crippen molar-refractivity contribution >= 4 is 27.5 Å². The first kappa shape index (κ1) is 31.6. The van der Waals surface area contributed by atoms with Crippen LogP contribution in [0.4, 0.5) is 10.1 Å². The van der Waals surface area contributed by atoms with E-state index in [2.05, 4.69) is 5.32 Å². The number of methoxy groups -OCH3 is 1. The van der Waals surface area contributed by atoms with Crippen LogP contribution in [0, 0.1) is 18.7 Å². The van der Waals surface area contributed by atoms with Gasteiger partial charge in [0, 0.05) is 13.1 Å². The second-order valence-electron chi connectivity index (χ2n) is 10.2.